The van der Waals surface area contributed by atoms with Crippen LogP contribution >= 0.6 is 22.7 Å². The Kier molecular flexibility index (Phi) is 11.0. The Balaban J connectivity index is 0.847. The smallest absolute Gasteiger partial charge is 0.0908 e. The third kappa shape index (κ3) is 7.60. The molecular weight excluding hydrogens is 1080 g/mol. The molecular formula is C80H46N4S2. The van der Waals surface area contributed by atoms with Crippen molar-refractivity contribution in [2.75, 3.05) is 0 Å². The van der Waals surface area contributed by atoms with Gasteiger partial charge in [0.1, 0.15) is 0 Å². The zero-order valence-electron chi connectivity index (χ0n) is 46.2. The summed E-state index contributed by atoms with van der Waals surface area (Å²) in [5.74, 6) is 0. The largest absolute Gasteiger partial charge is 0.255 e. The molecule has 0 aliphatic heterocycles. The number of fused-ring (bicyclic) bond motifs is 14. The molecule has 0 saturated heterocycles. The second-order valence-electron chi connectivity index (χ2n) is 22.3. The molecule has 6 aromatic heterocycles. The second kappa shape index (κ2) is 19.4. The molecule has 0 saturated carbocycles. The zero-order chi connectivity index (χ0) is 56.4. The number of nitrogens with zero attached hydrogens (tertiary/aromatic N) is 4. The van der Waals surface area contributed by atoms with Gasteiger partial charge in [-0.3, -0.25) is 4.98 Å². The summed E-state index contributed by atoms with van der Waals surface area (Å²) in [4.78, 5) is 20.8. The molecule has 0 bridgehead atoms. The Labute approximate surface area is 502 Å². The van der Waals surface area contributed by atoms with Crippen LogP contribution in [0.4, 0.5) is 0 Å². The lowest BCUT2D eigenvalue weighted by Gasteiger charge is -2.20. The minimum atomic E-state index is 0.849. The lowest BCUT2D eigenvalue weighted by atomic mass is 9.84. The van der Waals surface area contributed by atoms with E-state index in [2.05, 4.69) is 254 Å². The molecule has 18 aromatic rings. The summed E-state index contributed by atoms with van der Waals surface area (Å²) in [7, 11) is 0. The molecule has 6 heterocycles. The molecule has 0 fully saturated rings. The van der Waals surface area contributed by atoms with Crippen LogP contribution in [-0.2, 0) is 0 Å². The molecule has 0 radical (unpaired) electrons. The second-order valence-corrected chi connectivity index (χ2v) is 24.4. The molecule has 12 aromatic carbocycles. The van der Waals surface area contributed by atoms with Gasteiger partial charge in [-0.05, 0) is 148 Å². The zero-order valence-corrected chi connectivity index (χ0v) is 47.8. The van der Waals surface area contributed by atoms with Crippen LogP contribution in [0.1, 0.15) is 0 Å². The summed E-state index contributed by atoms with van der Waals surface area (Å²) >= 11 is 3.68. The Morgan fingerprint density at radius 1 is 0.256 bits per heavy atom. The molecule has 0 aliphatic carbocycles. The Morgan fingerprint density at radius 3 is 1.52 bits per heavy atom. The van der Waals surface area contributed by atoms with Crippen molar-refractivity contribution in [3.05, 3.63) is 279 Å². The van der Waals surface area contributed by atoms with Crippen molar-refractivity contribution in [3.63, 3.8) is 0 Å². The molecule has 0 aliphatic rings. The SMILES string of the molecule is c1ccc(-c2c3ccccc3c(-c3cccc(-c4cccc5sc6c(-c7ccc(-c8cccc(-c9ccccn9)n8)cc7)c7c(ccc8ccccc87)nc6c45)c3)c3ccc(-c4c5sc6ccccc6c5nc5ccc6ccccc6c45)cc23)cc1. The Bertz CT molecular complexity index is 5830. The standard InChI is InChI=1S/C80H46N4S2/c1-2-19-50(20-3-1)70-58-25-8-9-26-59(58)71(60-41-38-54(46-62(60)70)73-75-56-24-7-5-18-48(56)39-42-66(75)83-77-61-27-10-11-32-68(61)85-79(73)77)53-22-14-21-52(45-53)57-28-15-33-69-76(57)78-80(86-69)72(74-55-23-6-4-17-47(55)40-43-67(74)84-78)51-36-34-49(35-37-51)63-30-16-31-65(82-63)64-29-12-13-44-81-64/h1-46H. The lowest BCUT2D eigenvalue weighted by molar-refractivity contribution is 1.25. The van der Waals surface area contributed by atoms with Gasteiger partial charge in [-0.1, -0.05) is 212 Å². The maximum atomic E-state index is 5.68. The first kappa shape index (κ1) is 48.7. The monoisotopic (exact) mass is 1130 g/mol. The van der Waals surface area contributed by atoms with Gasteiger partial charge in [0.2, 0.25) is 0 Å². The molecule has 0 unspecified atom stereocenters. The third-order valence-electron chi connectivity index (χ3n) is 17.5. The van der Waals surface area contributed by atoms with Crippen molar-refractivity contribution in [2.45, 2.75) is 0 Å². The molecule has 0 amide bonds. The van der Waals surface area contributed by atoms with Gasteiger partial charge in [0.15, 0.2) is 0 Å². The summed E-state index contributed by atoms with van der Waals surface area (Å²) in [5.41, 5.74) is 19.5. The summed E-state index contributed by atoms with van der Waals surface area (Å²) in [6, 6.07) is 99.4. The van der Waals surface area contributed by atoms with Gasteiger partial charge in [-0.25, -0.2) is 15.0 Å². The Hall–Kier alpha value is -10.8. The van der Waals surface area contributed by atoms with E-state index in [-0.39, 0.29) is 0 Å². The summed E-state index contributed by atoms with van der Waals surface area (Å²) in [6.45, 7) is 0. The van der Waals surface area contributed by atoms with E-state index in [4.69, 9.17) is 15.0 Å². The van der Waals surface area contributed by atoms with Crippen molar-refractivity contribution in [3.8, 4) is 78.3 Å². The van der Waals surface area contributed by atoms with Crippen LogP contribution in [0.25, 0.3) is 184 Å². The van der Waals surface area contributed by atoms with E-state index in [0.29, 0.717) is 0 Å². The first-order chi connectivity index (χ1) is 42.6. The maximum Gasteiger partial charge on any atom is 0.0908 e. The van der Waals surface area contributed by atoms with E-state index in [9.17, 15) is 0 Å². The number of hydrogen-bond donors (Lipinski definition) is 0. The van der Waals surface area contributed by atoms with Crippen molar-refractivity contribution in [1.29, 1.82) is 0 Å². The minimum absolute atomic E-state index is 0.849. The number of benzene rings is 12. The van der Waals surface area contributed by atoms with Crippen LogP contribution in [0.5, 0.6) is 0 Å². The van der Waals surface area contributed by atoms with Gasteiger partial charge in [0.25, 0.3) is 0 Å². The fraction of sp³-hybridized carbons (Fsp3) is 0. The van der Waals surface area contributed by atoms with Gasteiger partial charge >= 0.3 is 0 Å². The highest BCUT2D eigenvalue weighted by molar-refractivity contribution is 7.27. The highest BCUT2D eigenvalue weighted by atomic mass is 32.1. The predicted molar refractivity (Wildman–Crippen MR) is 366 cm³/mol. The van der Waals surface area contributed by atoms with Crippen LogP contribution in [0.15, 0.2) is 279 Å². The third-order valence-corrected chi connectivity index (χ3v) is 19.8. The average Bonchev–Trinajstić information content (AvgIpc) is 1.51. The molecule has 398 valence electrons. The average molecular weight is 1130 g/mol. The predicted octanol–water partition coefficient (Wildman–Crippen LogP) is 22.6. The van der Waals surface area contributed by atoms with Crippen LogP contribution in [-0.4, -0.2) is 19.9 Å². The number of rotatable bonds is 7. The number of aromatic nitrogens is 4. The molecule has 0 atom stereocenters. The quantitative estimate of drug-likeness (QED) is 0.118. The number of pyridine rings is 4. The first-order valence-electron chi connectivity index (χ1n) is 29.1. The van der Waals surface area contributed by atoms with E-state index in [0.717, 1.165) is 77.7 Å². The highest BCUT2D eigenvalue weighted by Crippen LogP contribution is 2.51. The first-order valence-corrected chi connectivity index (χ1v) is 30.7. The van der Waals surface area contributed by atoms with Gasteiger partial charge in [-0.15, -0.1) is 22.7 Å². The van der Waals surface area contributed by atoms with Crippen molar-refractivity contribution < 1.29 is 0 Å². The highest BCUT2D eigenvalue weighted by Gasteiger charge is 2.25. The normalized spacial score (nSPS) is 12.0. The van der Waals surface area contributed by atoms with E-state index >= 15 is 0 Å². The van der Waals surface area contributed by atoms with Gasteiger partial charge in [0.05, 0.1) is 48.5 Å². The van der Waals surface area contributed by atoms with Gasteiger partial charge in [-0.2, -0.15) is 0 Å². The molecule has 6 heteroatoms. The van der Waals surface area contributed by atoms with E-state index < -0.39 is 0 Å². The van der Waals surface area contributed by atoms with Gasteiger partial charge in [0, 0.05) is 53.8 Å². The van der Waals surface area contributed by atoms with E-state index in [1.54, 1.807) is 0 Å². The summed E-state index contributed by atoms with van der Waals surface area (Å²) < 4.78 is 4.81. The molecule has 4 nitrogen and oxygen atoms in total. The van der Waals surface area contributed by atoms with Crippen molar-refractivity contribution in [2.24, 2.45) is 0 Å². The Morgan fingerprint density at radius 2 is 0.767 bits per heavy atom. The number of hydrogen-bond acceptors (Lipinski definition) is 6. The van der Waals surface area contributed by atoms with Crippen LogP contribution in [0.3, 0.4) is 0 Å². The fourth-order valence-corrected chi connectivity index (χ4v) is 16.1. The topological polar surface area (TPSA) is 51.6 Å². The lowest BCUT2D eigenvalue weighted by Crippen LogP contribution is -1.93. The maximum absolute atomic E-state index is 5.68. The molecule has 0 spiro atoms. The molecule has 0 N–H and O–H groups in total. The molecule has 18 rings (SSSR count). The fourth-order valence-electron chi connectivity index (χ4n) is 13.7. The summed E-state index contributed by atoms with van der Waals surface area (Å²) in [5, 5.41) is 14.3. The summed E-state index contributed by atoms with van der Waals surface area (Å²) in [6.07, 6.45) is 1.81. The number of thiophene rings is 2. The van der Waals surface area contributed by atoms with Crippen LogP contribution < -0.4 is 0 Å². The van der Waals surface area contributed by atoms with E-state index in [1.165, 1.54) is 106 Å². The minimum Gasteiger partial charge on any atom is -0.255 e. The van der Waals surface area contributed by atoms with Crippen molar-refractivity contribution in [1.82, 2.24) is 19.9 Å². The van der Waals surface area contributed by atoms with Crippen LogP contribution in [0.2, 0.25) is 0 Å². The molecule has 86 heavy (non-hydrogen) atoms. The van der Waals surface area contributed by atoms with Crippen LogP contribution in [0, 0.1) is 0 Å². The van der Waals surface area contributed by atoms with E-state index in [1.807, 2.05) is 53.1 Å². The van der Waals surface area contributed by atoms with Gasteiger partial charge < -0.3 is 0 Å². The van der Waals surface area contributed by atoms with Crippen molar-refractivity contribution >= 4 is 128 Å².